The summed E-state index contributed by atoms with van der Waals surface area (Å²) in [5, 5.41) is 16.4. The summed E-state index contributed by atoms with van der Waals surface area (Å²) in [6.07, 6.45) is 0.540. The average Bonchev–Trinajstić information content (AvgIpc) is 2.62. The van der Waals surface area contributed by atoms with Crippen LogP contribution >= 0.6 is 0 Å². The number of hydrogen-bond donors (Lipinski definition) is 0. The molecule has 1 saturated heterocycles. The molecule has 0 spiro atoms. The van der Waals surface area contributed by atoms with E-state index < -0.39 is 0 Å². The highest BCUT2D eigenvalue weighted by atomic mass is 15.3. The van der Waals surface area contributed by atoms with Gasteiger partial charge in [-0.3, -0.25) is 4.90 Å². The van der Waals surface area contributed by atoms with Crippen molar-refractivity contribution in [3.8, 4) is 12.1 Å². The lowest BCUT2D eigenvalue weighted by atomic mass is 10.5. The molecule has 9 heavy (non-hydrogen) atoms. The smallest absolute Gasteiger partial charge is 0.111 e. The SMILES string of the molecule is N#CCCN1CC1C#N. The molecule has 2 atom stereocenters. The molecule has 2 unspecified atom stereocenters. The van der Waals surface area contributed by atoms with Crippen LogP contribution < -0.4 is 0 Å². The van der Waals surface area contributed by atoms with E-state index in [9.17, 15) is 0 Å². The molecular weight excluding hydrogens is 114 g/mol. The Bertz CT molecular complexity index is 174. The highest BCUT2D eigenvalue weighted by molar-refractivity contribution is 5.05. The van der Waals surface area contributed by atoms with Gasteiger partial charge in [-0.2, -0.15) is 10.5 Å². The van der Waals surface area contributed by atoms with Gasteiger partial charge >= 0.3 is 0 Å². The topological polar surface area (TPSA) is 50.6 Å². The number of nitriles is 2. The highest BCUT2D eigenvalue weighted by Crippen LogP contribution is 2.14. The van der Waals surface area contributed by atoms with E-state index >= 15 is 0 Å². The molecule has 1 rings (SSSR count). The number of nitrogens with zero attached hydrogens (tertiary/aromatic N) is 3. The summed E-state index contributed by atoms with van der Waals surface area (Å²) in [7, 11) is 0. The zero-order chi connectivity index (χ0) is 6.69. The summed E-state index contributed by atoms with van der Waals surface area (Å²) in [5.74, 6) is 0. The monoisotopic (exact) mass is 121 g/mol. The van der Waals surface area contributed by atoms with Crippen molar-refractivity contribution in [1.29, 1.82) is 10.5 Å². The van der Waals surface area contributed by atoms with E-state index in [-0.39, 0.29) is 6.04 Å². The van der Waals surface area contributed by atoms with Crippen molar-refractivity contribution in [1.82, 2.24) is 4.90 Å². The first-order chi connectivity index (χ1) is 4.38. The van der Waals surface area contributed by atoms with Crippen LogP contribution in [0.3, 0.4) is 0 Å². The average molecular weight is 121 g/mol. The van der Waals surface area contributed by atoms with Gasteiger partial charge < -0.3 is 0 Å². The van der Waals surface area contributed by atoms with E-state index in [1.165, 1.54) is 0 Å². The minimum absolute atomic E-state index is 0.110. The molecule has 3 heteroatoms. The van der Waals surface area contributed by atoms with E-state index in [0.717, 1.165) is 13.1 Å². The Morgan fingerprint density at radius 3 is 2.78 bits per heavy atom. The summed E-state index contributed by atoms with van der Waals surface area (Å²) in [4.78, 5) is 1.98. The van der Waals surface area contributed by atoms with E-state index in [1.807, 2.05) is 11.0 Å². The number of rotatable bonds is 2. The van der Waals surface area contributed by atoms with E-state index in [0.29, 0.717) is 6.42 Å². The Morgan fingerprint density at radius 1 is 1.56 bits per heavy atom. The van der Waals surface area contributed by atoms with E-state index in [2.05, 4.69) is 6.07 Å². The summed E-state index contributed by atoms with van der Waals surface area (Å²) in [6.45, 7) is 1.62. The highest BCUT2D eigenvalue weighted by Gasteiger charge is 2.32. The Morgan fingerprint density at radius 2 is 2.33 bits per heavy atom. The predicted molar refractivity (Wildman–Crippen MR) is 31.2 cm³/mol. The zero-order valence-corrected chi connectivity index (χ0v) is 5.04. The Kier molecular flexibility index (Phi) is 1.67. The maximum atomic E-state index is 8.30. The van der Waals surface area contributed by atoms with Crippen LogP contribution in [0.2, 0.25) is 0 Å². The summed E-state index contributed by atoms with van der Waals surface area (Å²) >= 11 is 0. The lowest BCUT2D eigenvalue weighted by Crippen LogP contribution is -2.00. The van der Waals surface area contributed by atoms with Crippen LogP contribution in [0, 0.1) is 22.7 Å². The van der Waals surface area contributed by atoms with Crippen LogP contribution in [-0.4, -0.2) is 24.0 Å². The second kappa shape index (κ2) is 2.48. The number of hydrogen-bond acceptors (Lipinski definition) is 3. The summed E-state index contributed by atoms with van der Waals surface area (Å²) in [6, 6.07) is 4.26. The third-order valence-corrected chi connectivity index (χ3v) is 1.37. The van der Waals surface area contributed by atoms with Gasteiger partial charge in [0.05, 0.1) is 12.1 Å². The van der Waals surface area contributed by atoms with Crippen molar-refractivity contribution in [2.45, 2.75) is 12.5 Å². The van der Waals surface area contributed by atoms with Crippen LogP contribution in [0.5, 0.6) is 0 Å². The molecule has 1 heterocycles. The third kappa shape index (κ3) is 1.42. The molecule has 0 aromatic heterocycles. The van der Waals surface area contributed by atoms with Crippen LogP contribution in [0.25, 0.3) is 0 Å². The molecule has 0 amide bonds. The fraction of sp³-hybridized carbons (Fsp3) is 0.667. The Balaban J connectivity index is 2.09. The third-order valence-electron chi connectivity index (χ3n) is 1.37. The van der Waals surface area contributed by atoms with Gasteiger partial charge in [-0.1, -0.05) is 0 Å². The van der Waals surface area contributed by atoms with E-state index in [1.54, 1.807) is 0 Å². The summed E-state index contributed by atoms with van der Waals surface area (Å²) < 4.78 is 0. The molecule has 0 aromatic rings. The molecule has 1 fully saturated rings. The molecular formula is C6H7N3. The van der Waals surface area contributed by atoms with Gasteiger partial charge in [-0.15, -0.1) is 0 Å². The zero-order valence-electron chi connectivity index (χ0n) is 5.04. The molecule has 0 saturated carbocycles. The molecule has 0 aromatic carbocycles. The van der Waals surface area contributed by atoms with Crippen molar-refractivity contribution < 1.29 is 0 Å². The molecule has 0 aliphatic carbocycles. The standard InChI is InChI=1S/C6H7N3/c7-2-1-3-9-5-6(9)4-8/h6H,1,3,5H2. The maximum Gasteiger partial charge on any atom is 0.111 e. The molecule has 3 nitrogen and oxygen atoms in total. The lowest BCUT2D eigenvalue weighted by molar-refractivity contribution is 0.546. The van der Waals surface area contributed by atoms with Gasteiger partial charge in [0.25, 0.3) is 0 Å². The molecule has 46 valence electrons. The second-order valence-electron chi connectivity index (χ2n) is 2.05. The normalized spacial score (nSPS) is 30.4. The second-order valence-corrected chi connectivity index (χ2v) is 2.05. The Labute approximate surface area is 54.1 Å². The van der Waals surface area contributed by atoms with Crippen LogP contribution in [0.15, 0.2) is 0 Å². The van der Waals surface area contributed by atoms with Gasteiger partial charge in [0.2, 0.25) is 0 Å². The predicted octanol–water partition coefficient (Wildman–Crippen LogP) is 0.108. The summed E-state index contributed by atoms with van der Waals surface area (Å²) in [5.41, 5.74) is 0. The van der Waals surface area contributed by atoms with E-state index in [4.69, 9.17) is 10.5 Å². The first kappa shape index (κ1) is 6.07. The van der Waals surface area contributed by atoms with Crippen molar-refractivity contribution in [2.75, 3.05) is 13.1 Å². The fourth-order valence-electron chi connectivity index (χ4n) is 0.738. The van der Waals surface area contributed by atoms with Crippen molar-refractivity contribution in [2.24, 2.45) is 0 Å². The van der Waals surface area contributed by atoms with Crippen molar-refractivity contribution >= 4 is 0 Å². The van der Waals surface area contributed by atoms with Gasteiger partial charge in [-0.25, -0.2) is 0 Å². The van der Waals surface area contributed by atoms with Crippen molar-refractivity contribution in [3.63, 3.8) is 0 Å². The lowest BCUT2D eigenvalue weighted by Gasteiger charge is -1.90. The molecule has 1 aliphatic rings. The Hall–Kier alpha value is -1.06. The largest absolute Gasteiger partial charge is 0.283 e. The minimum Gasteiger partial charge on any atom is -0.283 e. The van der Waals surface area contributed by atoms with Crippen LogP contribution in [0.4, 0.5) is 0 Å². The molecule has 0 radical (unpaired) electrons. The molecule has 1 aliphatic heterocycles. The quantitative estimate of drug-likeness (QED) is 0.487. The van der Waals surface area contributed by atoms with Crippen LogP contribution in [-0.2, 0) is 0 Å². The maximum absolute atomic E-state index is 8.30. The first-order valence-corrected chi connectivity index (χ1v) is 2.89. The first-order valence-electron chi connectivity index (χ1n) is 2.89. The van der Waals surface area contributed by atoms with Gasteiger partial charge in [-0.05, 0) is 0 Å². The molecule has 0 bridgehead atoms. The fourth-order valence-corrected chi connectivity index (χ4v) is 0.738. The van der Waals surface area contributed by atoms with Gasteiger partial charge in [0.1, 0.15) is 6.04 Å². The molecule has 0 N–H and O–H groups in total. The van der Waals surface area contributed by atoms with Crippen molar-refractivity contribution in [3.05, 3.63) is 0 Å². The van der Waals surface area contributed by atoms with Crippen LogP contribution in [0.1, 0.15) is 6.42 Å². The van der Waals surface area contributed by atoms with Gasteiger partial charge in [0.15, 0.2) is 0 Å². The minimum atomic E-state index is 0.110. The van der Waals surface area contributed by atoms with Gasteiger partial charge in [0, 0.05) is 19.5 Å².